The maximum absolute atomic E-state index is 15.3. The molecule has 3 amide bonds. The molecule has 0 bridgehead atoms. The molecule has 0 saturated heterocycles. The van der Waals surface area contributed by atoms with Crippen LogP contribution in [0.15, 0.2) is 41.3 Å². The molecule has 13 nitrogen and oxygen atoms in total. The van der Waals surface area contributed by atoms with Gasteiger partial charge in [-0.25, -0.2) is 27.9 Å². The number of rotatable bonds is 11. The molecule has 0 saturated carbocycles. The smallest absolute Gasteiger partial charge is 0.420 e. The Bertz CT molecular complexity index is 1770. The summed E-state index contributed by atoms with van der Waals surface area (Å²) in [7, 11) is 4.31. The monoisotopic (exact) mass is 672 g/mol. The molecule has 1 aromatic carbocycles. The van der Waals surface area contributed by atoms with Crippen molar-refractivity contribution in [3.8, 4) is 0 Å². The summed E-state index contributed by atoms with van der Waals surface area (Å²) in [6.45, 7) is 8.21. The number of benzene rings is 1. The maximum Gasteiger partial charge on any atom is 0.420 e. The van der Waals surface area contributed by atoms with Crippen molar-refractivity contribution < 1.29 is 37.4 Å². The van der Waals surface area contributed by atoms with Crippen molar-refractivity contribution in [3.05, 3.63) is 69.9 Å². The number of nitrogens with one attached hydrogen (secondary N) is 2. The third-order valence-electron chi connectivity index (χ3n) is 6.90. The van der Waals surface area contributed by atoms with Crippen molar-refractivity contribution in [2.24, 2.45) is 5.92 Å². The number of carbonyl (C=O) groups excluding carboxylic acids is 4. The number of hydrogen-bond donors (Lipinski definition) is 2. The fraction of sp³-hybridized carbons (Fsp3) is 0.455. The van der Waals surface area contributed by atoms with Crippen LogP contribution < -0.4 is 16.2 Å². The normalized spacial score (nSPS) is 12.3. The van der Waals surface area contributed by atoms with Crippen LogP contribution in [0.2, 0.25) is 0 Å². The summed E-state index contributed by atoms with van der Waals surface area (Å²) in [5, 5.41) is 4.92. The van der Waals surface area contributed by atoms with Crippen molar-refractivity contribution in [1.82, 2.24) is 24.3 Å². The first kappa shape index (κ1) is 37.4. The van der Waals surface area contributed by atoms with Gasteiger partial charge in [0, 0.05) is 31.9 Å². The predicted molar refractivity (Wildman–Crippen MR) is 175 cm³/mol. The van der Waals surface area contributed by atoms with Gasteiger partial charge < -0.3 is 29.6 Å². The van der Waals surface area contributed by atoms with E-state index in [2.05, 4.69) is 20.4 Å². The van der Waals surface area contributed by atoms with Crippen LogP contribution in [-0.2, 0) is 32.0 Å². The molecule has 0 radical (unpaired) electrons. The highest BCUT2D eigenvalue weighted by molar-refractivity contribution is 5.96. The molecular weight excluding hydrogens is 630 g/mol. The van der Waals surface area contributed by atoms with Crippen LogP contribution in [0.5, 0.6) is 0 Å². The predicted octanol–water partition coefficient (Wildman–Crippen LogP) is 4.59. The summed E-state index contributed by atoms with van der Waals surface area (Å²) < 4.78 is 42.5. The van der Waals surface area contributed by atoms with E-state index in [0.29, 0.717) is 6.07 Å². The number of imidazole rings is 1. The maximum atomic E-state index is 15.3. The SMILES string of the molecule is COC(=O)N[C@@H](CC/C=C/C(=O)N(C)C)C(=O)Nc1cccn(Cc2nc3c(CC(C)C)c(F)cc(F)c3n2C(=O)OC(C)(C)C)c1=O. The Balaban J connectivity index is 2.01. The molecule has 3 aromatic rings. The van der Waals surface area contributed by atoms with E-state index in [-0.39, 0.29) is 65.7 Å². The number of allylic oxidation sites excluding steroid dienone is 1. The van der Waals surface area contributed by atoms with E-state index in [9.17, 15) is 28.4 Å². The Labute approximate surface area is 276 Å². The molecule has 0 aliphatic heterocycles. The zero-order valence-electron chi connectivity index (χ0n) is 28.3. The van der Waals surface area contributed by atoms with E-state index in [4.69, 9.17) is 4.74 Å². The molecule has 0 fully saturated rings. The van der Waals surface area contributed by atoms with Gasteiger partial charge in [0.25, 0.3) is 5.56 Å². The summed E-state index contributed by atoms with van der Waals surface area (Å²) in [6.07, 6.45) is 2.91. The Hall–Kier alpha value is -5.08. The Morgan fingerprint density at radius 3 is 2.42 bits per heavy atom. The standard InChI is InChI=1S/C33H42F2N6O7/c1-19(2)16-20-21(34)17-22(35)28-27(20)38-25(41(28)32(46)48-33(3,4)5)18-40-15-11-13-24(30(40)44)36-29(43)23(37-31(45)47-8)12-9-10-14-26(42)39(6)7/h10-11,13-15,17,19,23H,9,12,16,18H2,1-8H3,(H,36,43)(H,37,45)/b14-10+/t23-/m0/s1. The second-order valence-electron chi connectivity index (χ2n) is 12.7. The topological polar surface area (TPSA) is 154 Å². The first-order chi connectivity index (χ1) is 22.4. The molecule has 0 unspecified atom stereocenters. The minimum absolute atomic E-state index is 0.0275. The largest absolute Gasteiger partial charge is 0.453 e. The van der Waals surface area contributed by atoms with E-state index >= 15 is 4.39 Å². The molecule has 3 rings (SSSR count). The average Bonchev–Trinajstić information content (AvgIpc) is 3.37. The third kappa shape index (κ3) is 9.48. The van der Waals surface area contributed by atoms with Gasteiger partial charge in [0.1, 0.15) is 34.5 Å². The van der Waals surface area contributed by atoms with E-state index in [1.807, 2.05) is 13.8 Å². The summed E-state index contributed by atoms with van der Waals surface area (Å²) in [5.74, 6) is -2.97. The number of amides is 3. The zero-order valence-corrected chi connectivity index (χ0v) is 28.3. The average molecular weight is 673 g/mol. The van der Waals surface area contributed by atoms with Gasteiger partial charge in [-0.1, -0.05) is 19.9 Å². The first-order valence-electron chi connectivity index (χ1n) is 15.3. The minimum atomic E-state index is -1.14. The van der Waals surface area contributed by atoms with Crippen LogP contribution in [0.3, 0.4) is 0 Å². The molecule has 0 aliphatic carbocycles. The molecule has 2 N–H and O–H groups in total. The molecule has 1 atom stereocenters. The zero-order chi connectivity index (χ0) is 35.9. The van der Waals surface area contributed by atoms with E-state index in [1.54, 1.807) is 40.9 Å². The number of methoxy groups -OCH3 is 1. The van der Waals surface area contributed by atoms with Gasteiger partial charge in [0.15, 0.2) is 5.82 Å². The second-order valence-corrected chi connectivity index (χ2v) is 12.7. The van der Waals surface area contributed by atoms with Gasteiger partial charge in [-0.15, -0.1) is 0 Å². The lowest BCUT2D eigenvalue weighted by atomic mass is 10.0. The van der Waals surface area contributed by atoms with Gasteiger partial charge in [-0.3, -0.25) is 14.4 Å². The van der Waals surface area contributed by atoms with Crippen LogP contribution in [0, 0.1) is 17.6 Å². The number of anilines is 1. The van der Waals surface area contributed by atoms with Crippen LogP contribution in [0.1, 0.15) is 58.8 Å². The van der Waals surface area contributed by atoms with Crippen molar-refractivity contribution in [3.63, 3.8) is 0 Å². The number of nitrogens with zero attached hydrogens (tertiary/aromatic N) is 4. The molecule has 15 heteroatoms. The number of ether oxygens (including phenoxy) is 2. The van der Waals surface area contributed by atoms with Crippen molar-refractivity contribution in [1.29, 1.82) is 0 Å². The van der Waals surface area contributed by atoms with Crippen LogP contribution >= 0.6 is 0 Å². The van der Waals surface area contributed by atoms with E-state index in [1.165, 1.54) is 29.3 Å². The fourth-order valence-corrected chi connectivity index (χ4v) is 4.68. The Kier molecular flexibility index (Phi) is 12.2. The minimum Gasteiger partial charge on any atom is -0.453 e. The van der Waals surface area contributed by atoms with E-state index in [0.717, 1.165) is 16.2 Å². The molecular formula is C33H42F2N6O7. The Morgan fingerprint density at radius 2 is 1.81 bits per heavy atom. The van der Waals surface area contributed by atoms with Gasteiger partial charge in [-0.05, 0) is 64.2 Å². The lowest BCUT2D eigenvalue weighted by Gasteiger charge is -2.21. The highest BCUT2D eigenvalue weighted by atomic mass is 19.1. The van der Waals surface area contributed by atoms with Gasteiger partial charge in [-0.2, -0.15) is 0 Å². The number of hydrogen-bond acceptors (Lipinski definition) is 8. The lowest BCUT2D eigenvalue weighted by molar-refractivity contribution is -0.123. The number of fused-ring (bicyclic) bond motifs is 1. The van der Waals surface area contributed by atoms with Gasteiger partial charge in [0.2, 0.25) is 11.8 Å². The summed E-state index contributed by atoms with van der Waals surface area (Å²) >= 11 is 0. The van der Waals surface area contributed by atoms with Gasteiger partial charge in [0.05, 0.1) is 19.2 Å². The Morgan fingerprint density at radius 1 is 1.12 bits per heavy atom. The summed E-state index contributed by atoms with van der Waals surface area (Å²) in [6, 6.07) is 2.36. The van der Waals surface area contributed by atoms with Crippen LogP contribution in [0.25, 0.3) is 11.0 Å². The van der Waals surface area contributed by atoms with Gasteiger partial charge >= 0.3 is 12.2 Å². The number of aromatic nitrogens is 3. The van der Waals surface area contributed by atoms with Crippen molar-refractivity contribution >= 4 is 40.7 Å². The fourth-order valence-electron chi connectivity index (χ4n) is 4.68. The van der Waals surface area contributed by atoms with Crippen LogP contribution in [0.4, 0.5) is 24.1 Å². The molecule has 2 heterocycles. The molecule has 48 heavy (non-hydrogen) atoms. The second kappa shape index (κ2) is 15.7. The number of pyridine rings is 1. The highest BCUT2D eigenvalue weighted by Crippen LogP contribution is 2.29. The third-order valence-corrected chi connectivity index (χ3v) is 6.90. The van der Waals surface area contributed by atoms with Crippen molar-refractivity contribution in [2.75, 3.05) is 26.5 Å². The highest BCUT2D eigenvalue weighted by Gasteiger charge is 2.29. The lowest BCUT2D eigenvalue weighted by Crippen LogP contribution is -2.44. The van der Waals surface area contributed by atoms with Crippen molar-refractivity contribution in [2.45, 2.75) is 72.1 Å². The number of carbonyl (C=O) groups is 4. The number of likely N-dealkylation sites (N-methyl/N-ethyl adjacent to an activating group) is 1. The number of alkyl carbamates (subject to hydrolysis) is 1. The van der Waals surface area contributed by atoms with Crippen LogP contribution in [-0.4, -0.2) is 75.9 Å². The van der Waals surface area contributed by atoms with E-state index < -0.39 is 46.9 Å². The molecule has 260 valence electrons. The summed E-state index contributed by atoms with van der Waals surface area (Å²) in [4.78, 5) is 69.8. The number of halogens is 2. The first-order valence-corrected chi connectivity index (χ1v) is 15.3. The quantitative estimate of drug-likeness (QED) is 0.281. The molecule has 2 aromatic heterocycles. The summed E-state index contributed by atoms with van der Waals surface area (Å²) in [5.41, 5.74) is -2.10. The molecule has 0 spiro atoms. The molecule has 0 aliphatic rings.